The number of halogens is 2. The van der Waals surface area contributed by atoms with Crippen molar-refractivity contribution >= 4 is 29.3 Å². The van der Waals surface area contributed by atoms with Crippen LogP contribution in [0.3, 0.4) is 0 Å². The number of ether oxygens (including phenoxy) is 1. The van der Waals surface area contributed by atoms with Gasteiger partial charge >= 0.3 is 0 Å². The lowest BCUT2D eigenvalue weighted by molar-refractivity contribution is 0.244. The molecule has 2 aromatic carbocycles. The first-order valence-electron chi connectivity index (χ1n) is 6.01. The molecule has 0 bridgehead atoms. The summed E-state index contributed by atoms with van der Waals surface area (Å²) < 4.78 is 5.93. The molecule has 0 fully saturated rings. The Hall–Kier alpha value is -1.95. The van der Waals surface area contributed by atoms with Gasteiger partial charge in [0.1, 0.15) is 5.75 Å². The average Bonchev–Trinajstić information content (AvgIpc) is 2.46. The Morgan fingerprint density at radius 1 is 1.10 bits per heavy atom. The predicted molar refractivity (Wildman–Crippen MR) is 79.9 cm³/mol. The zero-order valence-electron chi connectivity index (χ0n) is 10.3. The van der Waals surface area contributed by atoms with E-state index < -0.39 is 6.10 Å². The molecule has 0 saturated carbocycles. The molecule has 20 heavy (non-hydrogen) atoms. The minimum absolute atomic E-state index is 0.438. The zero-order valence-corrected chi connectivity index (χ0v) is 11.8. The van der Waals surface area contributed by atoms with Crippen LogP contribution in [-0.2, 0) is 0 Å². The highest BCUT2D eigenvalue weighted by molar-refractivity contribution is 6.36. The van der Waals surface area contributed by atoms with Crippen molar-refractivity contribution < 1.29 is 4.74 Å². The maximum absolute atomic E-state index is 9.32. The van der Waals surface area contributed by atoms with Crippen LogP contribution in [0.2, 0.25) is 10.0 Å². The molecule has 0 spiro atoms. The summed E-state index contributed by atoms with van der Waals surface area (Å²) in [6, 6.07) is 15.1. The smallest absolute Gasteiger partial charge is 0.159 e. The molecule has 1 aliphatic heterocycles. The fourth-order valence-electron chi connectivity index (χ4n) is 2.20. The first-order chi connectivity index (χ1) is 9.69. The van der Waals surface area contributed by atoms with Crippen molar-refractivity contribution in [2.45, 2.75) is 6.10 Å². The Bertz CT molecular complexity index is 732. The number of hydrogen-bond donors (Lipinski definition) is 0. The van der Waals surface area contributed by atoms with Gasteiger partial charge in [-0.1, -0.05) is 53.5 Å². The quantitative estimate of drug-likeness (QED) is 0.739. The number of nitriles is 1. The van der Waals surface area contributed by atoms with E-state index in [0.717, 1.165) is 11.1 Å². The fourth-order valence-corrected chi connectivity index (χ4v) is 2.76. The highest BCUT2D eigenvalue weighted by Crippen LogP contribution is 2.42. The predicted octanol–water partition coefficient (Wildman–Crippen LogP) is 5.03. The minimum Gasteiger partial charge on any atom is -0.478 e. The van der Waals surface area contributed by atoms with Crippen molar-refractivity contribution in [3.05, 3.63) is 69.2 Å². The number of hydrogen-bond acceptors (Lipinski definition) is 2. The standard InChI is InChI=1S/C16H9Cl2NO/c17-13-7-11-6-12(9-19)15(10-4-2-1-3-5-10)20-16(11)14(18)8-13/h1-8,15H. The number of nitrogens with zero attached hydrogens (tertiary/aromatic N) is 1. The summed E-state index contributed by atoms with van der Waals surface area (Å²) in [5, 5.41) is 10.3. The van der Waals surface area contributed by atoms with Gasteiger partial charge in [0.05, 0.1) is 16.7 Å². The molecule has 0 aromatic heterocycles. The SMILES string of the molecule is N#CC1=Cc2cc(Cl)cc(Cl)c2OC1c1ccccc1. The highest BCUT2D eigenvalue weighted by Gasteiger charge is 2.26. The average molecular weight is 302 g/mol. The monoisotopic (exact) mass is 301 g/mol. The van der Waals surface area contributed by atoms with Gasteiger partial charge in [-0.05, 0) is 23.8 Å². The molecular weight excluding hydrogens is 293 g/mol. The van der Waals surface area contributed by atoms with Crippen LogP contribution in [0.4, 0.5) is 0 Å². The van der Waals surface area contributed by atoms with Crippen LogP contribution < -0.4 is 4.74 Å². The number of rotatable bonds is 1. The van der Waals surface area contributed by atoms with Crippen LogP contribution in [-0.4, -0.2) is 0 Å². The molecule has 0 saturated heterocycles. The molecule has 0 amide bonds. The van der Waals surface area contributed by atoms with Gasteiger partial charge in [-0.3, -0.25) is 0 Å². The Balaban J connectivity index is 2.13. The second kappa shape index (κ2) is 5.20. The fraction of sp³-hybridized carbons (Fsp3) is 0.0625. The summed E-state index contributed by atoms with van der Waals surface area (Å²) in [7, 11) is 0. The zero-order chi connectivity index (χ0) is 14.1. The van der Waals surface area contributed by atoms with Crippen LogP contribution >= 0.6 is 23.2 Å². The lowest BCUT2D eigenvalue weighted by Crippen LogP contribution is -2.14. The first kappa shape index (κ1) is 13.1. The maximum atomic E-state index is 9.32. The molecule has 0 aliphatic carbocycles. The number of fused-ring (bicyclic) bond motifs is 1. The molecule has 98 valence electrons. The molecule has 0 radical (unpaired) electrons. The van der Waals surface area contributed by atoms with Crippen molar-refractivity contribution in [2.24, 2.45) is 0 Å². The summed E-state index contributed by atoms with van der Waals surface area (Å²) in [5.74, 6) is 0.559. The van der Waals surface area contributed by atoms with E-state index in [1.54, 1.807) is 18.2 Å². The van der Waals surface area contributed by atoms with Crippen molar-refractivity contribution in [1.29, 1.82) is 5.26 Å². The number of benzene rings is 2. The second-order valence-corrected chi connectivity index (χ2v) is 5.27. The lowest BCUT2D eigenvalue weighted by Gasteiger charge is -2.25. The van der Waals surface area contributed by atoms with Gasteiger partial charge < -0.3 is 4.74 Å². The largest absolute Gasteiger partial charge is 0.478 e. The van der Waals surface area contributed by atoms with Gasteiger partial charge in [-0.2, -0.15) is 5.26 Å². The molecule has 2 nitrogen and oxygen atoms in total. The second-order valence-electron chi connectivity index (χ2n) is 4.43. The third-order valence-electron chi connectivity index (χ3n) is 3.10. The Labute approximate surface area is 126 Å². The van der Waals surface area contributed by atoms with Gasteiger partial charge in [-0.25, -0.2) is 0 Å². The van der Waals surface area contributed by atoms with Crippen molar-refractivity contribution in [3.8, 4) is 11.8 Å². The molecule has 2 aromatic rings. The van der Waals surface area contributed by atoms with Gasteiger partial charge in [0, 0.05) is 10.6 Å². The van der Waals surface area contributed by atoms with E-state index >= 15 is 0 Å². The molecular formula is C16H9Cl2NO. The van der Waals surface area contributed by atoms with Crippen LogP contribution in [0, 0.1) is 11.3 Å². The molecule has 1 atom stereocenters. The Morgan fingerprint density at radius 3 is 2.55 bits per heavy atom. The molecule has 1 unspecified atom stereocenters. The van der Waals surface area contributed by atoms with Crippen LogP contribution in [0.25, 0.3) is 6.08 Å². The topological polar surface area (TPSA) is 33.0 Å². The van der Waals surface area contributed by atoms with E-state index in [9.17, 15) is 5.26 Å². The van der Waals surface area contributed by atoms with Crippen LogP contribution in [0.15, 0.2) is 48.0 Å². The summed E-state index contributed by atoms with van der Waals surface area (Å²) in [4.78, 5) is 0. The summed E-state index contributed by atoms with van der Waals surface area (Å²) in [6.45, 7) is 0. The van der Waals surface area contributed by atoms with E-state index in [-0.39, 0.29) is 0 Å². The first-order valence-corrected chi connectivity index (χ1v) is 6.77. The van der Waals surface area contributed by atoms with Gasteiger partial charge in [0.25, 0.3) is 0 Å². The Kier molecular flexibility index (Phi) is 3.40. The van der Waals surface area contributed by atoms with Gasteiger partial charge in [0.15, 0.2) is 6.10 Å². The summed E-state index contributed by atoms with van der Waals surface area (Å²) in [5.41, 5.74) is 2.17. The van der Waals surface area contributed by atoms with E-state index in [2.05, 4.69) is 6.07 Å². The normalized spacial score (nSPS) is 16.6. The third kappa shape index (κ3) is 2.27. The van der Waals surface area contributed by atoms with E-state index in [0.29, 0.717) is 21.4 Å². The van der Waals surface area contributed by atoms with E-state index in [4.69, 9.17) is 27.9 Å². The third-order valence-corrected chi connectivity index (χ3v) is 3.60. The van der Waals surface area contributed by atoms with Crippen LogP contribution in [0.1, 0.15) is 17.2 Å². The van der Waals surface area contributed by atoms with E-state index in [1.807, 2.05) is 30.3 Å². The molecule has 4 heteroatoms. The molecule has 3 rings (SSSR count). The summed E-state index contributed by atoms with van der Waals surface area (Å²) >= 11 is 12.1. The summed E-state index contributed by atoms with van der Waals surface area (Å²) in [6.07, 6.45) is 1.33. The van der Waals surface area contributed by atoms with Crippen molar-refractivity contribution in [2.75, 3.05) is 0 Å². The van der Waals surface area contributed by atoms with Crippen LogP contribution in [0.5, 0.6) is 5.75 Å². The minimum atomic E-state index is -0.438. The highest BCUT2D eigenvalue weighted by atomic mass is 35.5. The van der Waals surface area contributed by atoms with Gasteiger partial charge in [-0.15, -0.1) is 0 Å². The Morgan fingerprint density at radius 2 is 1.85 bits per heavy atom. The molecule has 0 N–H and O–H groups in total. The molecule has 1 aliphatic rings. The maximum Gasteiger partial charge on any atom is 0.159 e. The van der Waals surface area contributed by atoms with E-state index in [1.165, 1.54) is 0 Å². The van der Waals surface area contributed by atoms with Gasteiger partial charge in [0.2, 0.25) is 0 Å². The molecule has 1 heterocycles. The van der Waals surface area contributed by atoms with Crippen molar-refractivity contribution in [3.63, 3.8) is 0 Å². The van der Waals surface area contributed by atoms with Crippen molar-refractivity contribution in [1.82, 2.24) is 0 Å². The lowest BCUT2D eigenvalue weighted by atomic mass is 9.97.